The second kappa shape index (κ2) is 4.95. The molecular formula is C9H17N3O2. The quantitative estimate of drug-likeness (QED) is 0.543. The molecule has 5 nitrogen and oxygen atoms in total. The maximum Gasteiger partial charge on any atom is 0.234 e. The van der Waals surface area contributed by atoms with Gasteiger partial charge in [-0.05, 0) is 13.8 Å². The first-order chi connectivity index (χ1) is 6.58. The number of hydrogen-bond acceptors (Lipinski definition) is 3. The molecule has 0 aliphatic carbocycles. The minimum atomic E-state index is -0.0284. The standard InChI is InChI=1S/C9H17N3O2/c1-6(2)12-9(14)5-10-7-3-8(13)11-4-7/h6-7,10H,3-5H2,1-2H3,(H,11,13)(H,12,14). The molecule has 1 fully saturated rings. The van der Waals surface area contributed by atoms with Gasteiger partial charge in [-0.2, -0.15) is 0 Å². The Hall–Kier alpha value is -1.10. The Morgan fingerprint density at radius 2 is 2.36 bits per heavy atom. The fourth-order valence-electron chi connectivity index (χ4n) is 1.36. The van der Waals surface area contributed by atoms with Crippen LogP contribution in [0.3, 0.4) is 0 Å². The Bertz CT molecular complexity index is 228. The van der Waals surface area contributed by atoms with E-state index in [1.165, 1.54) is 0 Å². The molecule has 1 aliphatic rings. The predicted octanol–water partition coefficient (Wildman–Crippen LogP) is -1.01. The van der Waals surface area contributed by atoms with Crippen molar-refractivity contribution in [2.75, 3.05) is 13.1 Å². The van der Waals surface area contributed by atoms with Gasteiger partial charge in [-0.3, -0.25) is 9.59 Å². The van der Waals surface area contributed by atoms with E-state index >= 15 is 0 Å². The van der Waals surface area contributed by atoms with Crippen molar-refractivity contribution in [3.8, 4) is 0 Å². The predicted molar refractivity (Wildman–Crippen MR) is 52.7 cm³/mol. The van der Waals surface area contributed by atoms with Gasteiger partial charge in [0.05, 0.1) is 6.54 Å². The van der Waals surface area contributed by atoms with Gasteiger partial charge in [-0.15, -0.1) is 0 Å². The molecule has 2 amide bonds. The molecule has 5 heteroatoms. The normalized spacial score (nSPS) is 21.1. The third kappa shape index (κ3) is 3.74. The lowest BCUT2D eigenvalue weighted by Crippen LogP contribution is -2.42. The summed E-state index contributed by atoms with van der Waals surface area (Å²) in [7, 11) is 0. The van der Waals surface area contributed by atoms with Gasteiger partial charge in [0.15, 0.2) is 0 Å². The van der Waals surface area contributed by atoms with E-state index < -0.39 is 0 Å². The molecule has 1 aliphatic heterocycles. The van der Waals surface area contributed by atoms with Crippen LogP contribution in [0.5, 0.6) is 0 Å². The molecule has 0 aromatic rings. The summed E-state index contributed by atoms with van der Waals surface area (Å²) in [6.07, 6.45) is 0.467. The molecule has 1 unspecified atom stereocenters. The molecule has 3 N–H and O–H groups in total. The minimum absolute atomic E-state index is 0.0284. The Morgan fingerprint density at radius 3 is 2.86 bits per heavy atom. The van der Waals surface area contributed by atoms with Gasteiger partial charge in [0.25, 0.3) is 0 Å². The summed E-state index contributed by atoms with van der Waals surface area (Å²) < 4.78 is 0. The van der Waals surface area contributed by atoms with E-state index in [2.05, 4.69) is 16.0 Å². The van der Waals surface area contributed by atoms with Crippen LogP contribution < -0.4 is 16.0 Å². The zero-order valence-electron chi connectivity index (χ0n) is 8.59. The molecule has 1 heterocycles. The Balaban J connectivity index is 2.14. The maximum absolute atomic E-state index is 11.2. The topological polar surface area (TPSA) is 70.2 Å². The number of hydrogen-bond donors (Lipinski definition) is 3. The fraction of sp³-hybridized carbons (Fsp3) is 0.778. The van der Waals surface area contributed by atoms with Crippen molar-refractivity contribution in [3.05, 3.63) is 0 Å². The molecule has 0 aromatic carbocycles. The van der Waals surface area contributed by atoms with Crippen LogP contribution in [0, 0.1) is 0 Å². The lowest BCUT2D eigenvalue weighted by atomic mass is 10.2. The van der Waals surface area contributed by atoms with Gasteiger partial charge >= 0.3 is 0 Å². The van der Waals surface area contributed by atoms with E-state index in [1.54, 1.807) is 0 Å². The van der Waals surface area contributed by atoms with Crippen molar-refractivity contribution in [3.63, 3.8) is 0 Å². The van der Waals surface area contributed by atoms with Crippen molar-refractivity contribution in [1.82, 2.24) is 16.0 Å². The highest BCUT2D eigenvalue weighted by molar-refractivity contribution is 5.80. The molecule has 1 rings (SSSR count). The maximum atomic E-state index is 11.2. The first-order valence-corrected chi connectivity index (χ1v) is 4.87. The van der Waals surface area contributed by atoms with Crippen LogP contribution in [0.15, 0.2) is 0 Å². The smallest absolute Gasteiger partial charge is 0.234 e. The minimum Gasteiger partial charge on any atom is -0.354 e. The number of rotatable bonds is 4. The largest absolute Gasteiger partial charge is 0.354 e. The summed E-state index contributed by atoms with van der Waals surface area (Å²) >= 11 is 0. The Kier molecular flexibility index (Phi) is 3.88. The van der Waals surface area contributed by atoms with Crippen LogP contribution in [0.2, 0.25) is 0 Å². The Labute approximate surface area is 83.6 Å². The highest BCUT2D eigenvalue weighted by Gasteiger charge is 2.21. The van der Waals surface area contributed by atoms with Gasteiger partial charge in [0, 0.05) is 25.0 Å². The molecule has 1 atom stereocenters. The van der Waals surface area contributed by atoms with Crippen LogP contribution in [-0.2, 0) is 9.59 Å². The highest BCUT2D eigenvalue weighted by Crippen LogP contribution is 1.97. The molecule has 14 heavy (non-hydrogen) atoms. The molecule has 1 saturated heterocycles. The van der Waals surface area contributed by atoms with Crippen molar-refractivity contribution < 1.29 is 9.59 Å². The van der Waals surface area contributed by atoms with E-state index in [4.69, 9.17) is 0 Å². The first kappa shape index (κ1) is 11.0. The highest BCUT2D eigenvalue weighted by atomic mass is 16.2. The Morgan fingerprint density at radius 1 is 1.64 bits per heavy atom. The molecule has 0 saturated carbocycles. The average molecular weight is 199 g/mol. The van der Waals surface area contributed by atoms with Crippen molar-refractivity contribution >= 4 is 11.8 Å². The van der Waals surface area contributed by atoms with Gasteiger partial charge in [-0.25, -0.2) is 0 Å². The molecule has 0 aromatic heterocycles. The van der Waals surface area contributed by atoms with E-state index in [0.29, 0.717) is 13.0 Å². The number of nitrogens with one attached hydrogen (secondary N) is 3. The third-order valence-corrected chi connectivity index (χ3v) is 1.98. The number of carbonyl (C=O) groups is 2. The van der Waals surface area contributed by atoms with Crippen LogP contribution in [-0.4, -0.2) is 37.0 Å². The summed E-state index contributed by atoms with van der Waals surface area (Å²) in [6.45, 7) is 4.72. The molecular weight excluding hydrogens is 182 g/mol. The summed E-state index contributed by atoms with van der Waals surface area (Å²) in [4.78, 5) is 22.0. The molecule has 0 bridgehead atoms. The van der Waals surface area contributed by atoms with Crippen LogP contribution in [0.25, 0.3) is 0 Å². The van der Waals surface area contributed by atoms with Crippen molar-refractivity contribution in [2.45, 2.75) is 32.4 Å². The zero-order valence-corrected chi connectivity index (χ0v) is 8.59. The second-order valence-electron chi connectivity index (χ2n) is 3.81. The molecule has 80 valence electrons. The van der Waals surface area contributed by atoms with E-state index in [-0.39, 0.29) is 30.4 Å². The summed E-state index contributed by atoms with van der Waals surface area (Å²) in [5.41, 5.74) is 0. The number of amides is 2. The van der Waals surface area contributed by atoms with E-state index in [1.807, 2.05) is 13.8 Å². The lowest BCUT2D eigenvalue weighted by molar-refractivity contribution is -0.121. The van der Waals surface area contributed by atoms with E-state index in [9.17, 15) is 9.59 Å². The molecule has 0 radical (unpaired) electrons. The van der Waals surface area contributed by atoms with Gasteiger partial charge in [-0.1, -0.05) is 0 Å². The lowest BCUT2D eigenvalue weighted by Gasteiger charge is -2.12. The SMILES string of the molecule is CC(C)NC(=O)CNC1CNC(=O)C1. The van der Waals surface area contributed by atoms with Crippen LogP contribution in [0.1, 0.15) is 20.3 Å². The zero-order chi connectivity index (χ0) is 10.6. The van der Waals surface area contributed by atoms with Gasteiger partial charge < -0.3 is 16.0 Å². The third-order valence-electron chi connectivity index (χ3n) is 1.98. The van der Waals surface area contributed by atoms with E-state index in [0.717, 1.165) is 0 Å². The van der Waals surface area contributed by atoms with Crippen molar-refractivity contribution in [1.29, 1.82) is 0 Å². The van der Waals surface area contributed by atoms with Gasteiger partial charge in [0.1, 0.15) is 0 Å². The van der Waals surface area contributed by atoms with Crippen LogP contribution in [0.4, 0.5) is 0 Å². The summed E-state index contributed by atoms with van der Waals surface area (Å²) in [5, 5.41) is 8.49. The molecule has 0 spiro atoms. The first-order valence-electron chi connectivity index (χ1n) is 4.87. The fourth-order valence-corrected chi connectivity index (χ4v) is 1.36. The van der Waals surface area contributed by atoms with Gasteiger partial charge in [0.2, 0.25) is 11.8 Å². The summed E-state index contributed by atoms with van der Waals surface area (Å²) in [5.74, 6) is 0.0196. The number of carbonyl (C=O) groups excluding carboxylic acids is 2. The van der Waals surface area contributed by atoms with Crippen molar-refractivity contribution in [2.24, 2.45) is 0 Å². The second-order valence-corrected chi connectivity index (χ2v) is 3.81. The average Bonchev–Trinajstić information content (AvgIpc) is 2.47. The monoisotopic (exact) mass is 199 g/mol. The summed E-state index contributed by atoms with van der Waals surface area (Å²) in [6, 6.07) is 0.257. The van der Waals surface area contributed by atoms with Crippen LogP contribution >= 0.6 is 0 Å².